The van der Waals surface area contributed by atoms with E-state index < -0.39 is 0 Å². The second-order valence-corrected chi connectivity index (χ2v) is 6.23. The molecule has 0 aliphatic heterocycles. The topological polar surface area (TPSA) is 75.4 Å². The number of carbonyl (C=O) groups is 1. The minimum Gasteiger partial charge on any atom is -0.431 e. The Morgan fingerprint density at radius 3 is 3.05 bits per heavy atom. The fraction of sp³-hybridized carbons (Fsp3) is 0.467. The first kappa shape index (κ1) is 14.4. The maximum Gasteiger partial charge on any atom is 0.257 e. The summed E-state index contributed by atoms with van der Waals surface area (Å²) in [5.74, 6) is 0.417. The van der Waals surface area contributed by atoms with E-state index in [0.29, 0.717) is 11.8 Å². The minimum atomic E-state index is -0.269. The Morgan fingerprint density at radius 1 is 1.43 bits per heavy atom. The molecule has 3 rings (SSSR count). The normalized spacial score (nSPS) is 21.8. The predicted octanol–water partition coefficient (Wildman–Crippen LogP) is 2.20. The molecular formula is C15H18N2O3S. The highest BCUT2D eigenvalue weighted by Gasteiger charge is 2.25. The van der Waals surface area contributed by atoms with Gasteiger partial charge in [0.15, 0.2) is 5.58 Å². The Balaban J connectivity index is 1.47. The van der Waals surface area contributed by atoms with Gasteiger partial charge in [0, 0.05) is 12.5 Å². The highest BCUT2D eigenvalue weighted by molar-refractivity contribution is 7.99. The summed E-state index contributed by atoms with van der Waals surface area (Å²) in [7, 11) is 0. The fourth-order valence-electron chi connectivity index (χ4n) is 2.59. The minimum absolute atomic E-state index is 0.0543. The van der Waals surface area contributed by atoms with E-state index in [2.05, 4.69) is 10.3 Å². The number of aromatic nitrogens is 1. The smallest absolute Gasteiger partial charge is 0.257 e. The van der Waals surface area contributed by atoms with Gasteiger partial charge in [-0.25, -0.2) is 4.98 Å². The zero-order valence-electron chi connectivity index (χ0n) is 11.6. The molecule has 112 valence electrons. The van der Waals surface area contributed by atoms with E-state index in [1.165, 1.54) is 11.8 Å². The van der Waals surface area contributed by atoms with Crippen LogP contribution in [0.2, 0.25) is 0 Å². The summed E-state index contributed by atoms with van der Waals surface area (Å²) < 4.78 is 5.55. The number of rotatable bonds is 5. The molecule has 5 nitrogen and oxygen atoms in total. The monoisotopic (exact) mass is 306 g/mol. The van der Waals surface area contributed by atoms with Crippen molar-refractivity contribution in [2.24, 2.45) is 5.92 Å². The van der Waals surface area contributed by atoms with Crippen molar-refractivity contribution in [1.82, 2.24) is 10.3 Å². The molecule has 0 bridgehead atoms. The van der Waals surface area contributed by atoms with Gasteiger partial charge in [0.05, 0.1) is 11.9 Å². The van der Waals surface area contributed by atoms with Crippen molar-refractivity contribution in [3.05, 3.63) is 24.3 Å². The second-order valence-electron chi connectivity index (χ2n) is 5.30. The standard InChI is InChI=1S/C15H18N2O3S/c18-12-6-3-4-10(12)8-16-14(19)9-21-15-17-11-5-1-2-7-13(11)20-15/h1-2,5,7,10,12,18H,3-4,6,8-9H2,(H,16,19). The van der Waals surface area contributed by atoms with Crippen LogP contribution in [0.3, 0.4) is 0 Å². The molecule has 0 saturated heterocycles. The average molecular weight is 306 g/mol. The Kier molecular flexibility index (Phi) is 4.45. The molecule has 1 fully saturated rings. The number of hydrogen-bond donors (Lipinski definition) is 2. The Bertz CT molecular complexity index is 595. The van der Waals surface area contributed by atoms with Crippen molar-refractivity contribution in [2.45, 2.75) is 30.6 Å². The molecule has 1 aliphatic carbocycles. The van der Waals surface area contributed by atoms with Gasteiger partial charge in [-0.2, -0.15) is 0 Å². The van der Waals surface area contributed by atoms with E-state index in [0.717, 1.165) is 30.4 Å². The molecule has 1 aromatic carbocycles. The van der Waals surface area contributed by atoms with Crippen LogP contribution >= 0.6 is 11.8 Å². The largest absolute Gasteiger partial charge is 0.431 e. The van der Waals surface area contributed by atoms with Gasteiger partial charge in [0.2, 0.25) is 5.91 Å². The van der Waals surface area contributed by atoms with Gasteiger partial charge in [0.1, 0.15) is 5.52 Å². The Labute approximate surface area is 127 Å². The number of benzene rings is 1. The van der Waals surface area contributed by atoms with E-state index >= 15 is 0 Å². The van der Waals surface area contributed by atoms with Gasteiger partial charge in [-0.1, -0.05) is 30.3 Å². The first-order valence-corrected chi connectivity index (χ1v) is 8.14. The van der Waals surface area contributed by atoms with Crippen LogP contribution in [-0.4, -0.2) is 34.4 Å². The first-order valence-electron chi connectivity index (χ1n) is 7.15. The number of aliphatic hydroxyl groups excluding tert-OH is 1. The molecule has 2 N–H and O–H groups in total. The summed E-state index contributed by atoms with van der Waals surface area (Å²) >= 11 is 1.29. The molecule has 21 heavy (non-hydrogen) atoms. The predicted molar refractivity (Wildman–Crippen MR) is 81.1 cm³/mol. The average Bonchev–Trinajstić information content (AvgIpc) is 3.08. The lowest BCUT2D eigenvalue weighted by Crippen LogP contribution is -2.33. The van der Waals surface area contributed by atoms with Gasteiger partial charge in [0.25, 0.3) is 5.22 Å². The lowest BCUT2D eigenvalue weighted by atomic mass is 10.1. The Morgan fingerprint density at radius 2 is 2.29 bits per heavy atom. The molecule has 6 heteroatoms. The van der Waals surface area contributed by atoms with Crippen molar-refractivity contribution >= 4 is 28.8 Å². The summed E-state index contributed by atoms with van der Waals surface area (Å²) in [5.41, 5.74) is 1.53. The highest BCUT2D eigenvalue weighted by atomic mass is 32.2. The van der Waals surface area contributed by atoms with Crippen LogP contribution in [0.5, 0.6) is 0 Å². The maximum absolute atomic E-state index is 11.8. The number of para-hydroxylation sites is 2. The molecule has 1 saturated carbocycles. The Hall–Kier alpha value is -1.53. The highest BCUT2D eigenvalue weighted by Crippen LogP contribution is 2.25. The van der Waals surface area contributed by atoms with Crippen LogP contribution in [0.15, 0.2) is 33.9 Å². The molecular weight excluding hydrogens is 288 g/mol. The first-order chi connectivity index (χ1) is 10.2. The van der Waals surface area contributed by atoms with Crippen LogP contribution in [-0.2, 0) is 4.79 Å². The van der Waals surface area contributed by atoms with Gasteiger partial charge >= 0.3 is 0 Å². The number of amides is 1. The number of aliphatic hydroxyl groups is 1. The molecule has 1 heterocycles. The van der Waals surface area contributed by atoms with Crippen molar-refractivity contribution in [3.8, 4) is 0 Å². The van der Waals surface area contributed by atoms with Crippen molar-refractivity contribution in [3.63, 3.8) is 0 Å². The number of oxazole rings is 1. The van der Waals surface area contributed by atoms with Crippen molar-refractivity contribution < 1.29 is 14.3 Å². The zero-order chi connectivity index (χ0) is 14.7. The van der Waals surface area contributed by atoms with E-state index in [1.54, 1.807) is 0 Å². The summed E-state index contributed by atoms with van der Waals surface area (Å²) in [6.07, 6.45) is 2.60. The molecule has 1 amide bonds. The van der Waals surface area contributed by atoms with Crippen LogP contribution < -0.4 is 5.32 Å². The summed E-state index contributed by atoms with van der Waals surface area (Å²) in [5, 5.41) is 13.1. The SMILES string of the molecule is O=C(CSc1nc2ccccc2o1)NCC1CCCC1O. The number of fused-ring (bicyclic) bond motifs is 1. The lowest BCUT2D eigenvalue weighted by Gasteiger charge is -2.14. The van der Waals surface area contributed by atoms with Crippen LogP contribution in [0, 0.1) is 5.92 Å². The van der Waals surface area contributed by atoms with E-state index in [1.807, 2.05) is 24.3 Å². The number of thioether (sulfide) groups is 1. The third-order valence-corrected chi connectivity index (χ3v) is 4.61. The van der Waals surface area contributed by atoms with E-state index in [-0.39, 0.29) is 23.7 Å². The van der Waals surface area contributed by atoms with Crippen molar-refractivity contribution in [2.75, 3.05) is 12.3 Å². The number of nitrogens with zero attached hydrogens (tertiary/aromatic N) is 1. The summed E-state index contributed by atoms with van der Waals surface area (Å²) in [6.45, 7) is 0.550. The number of hydrogen-bond acceptors (Lipinski definition) is 5. The molecule has 1 aliphatic rings. The molecule has 1 aromatic heterocycles. The van der Waals surface area contributed by atoms with Gasteiger partial charge in [-0.15, -0.1) is 0 Å². The summed E-state index contributed by atoms with van der Waals surface area (Å²) in [4.78, 5) is 16.1. The quantitative estimate of drug-likeness (QED) is 0.828. The third-order valence-electron chi connectivity index (χ3n) is 3.78. The molecule has 2 unspecified atom stereocenters. The summed E-state index contributed by atoms with van der Waals surface area (Å²) in [6, 6.07) is 7.53. The number of carbonyl (C=O) groups excluding carboxylic acids is 1. The number of nitrogens with one attached hydrogen (secondary N) is 1. The fourth-order valence-corrected chi connectivity index (χ4v) is 3.26. The third kappa shape index (κ3) is 3.57. The van der Waals surface area contributed by atoms with E-state index in [9.17, 15) is 9.90 Å². The lowest BCUT2D eigenvalue weighted by molar-refractivity contribution is -0.118. The van der Waals surface area contributed by atoms with Gasteiger partial charge < -0.3 is 14.8 Å². The molecule has 2 atom stereocenters. The molecule has 0 radical (unpaired) electrons. The molecule has 0 spiro atoms. The van der Waals surface area contributed by atoms with Crippen LogP contribution in [0.4, 0.5) is 0 Å². The zero-order valence-corrected chi connectivity index (χ0v) is 12.4. The van der Waals surface area contributed by atoms with Crippen LogP contribution in [0.1, 0.15) is 19.3 Å². The second kappa shape index (κ2) is 6.49. The maximum atomic E-state index is 11.8. The van der Waals surface area contributed by atoms with E-state index in [4.69, 9.17) is 4.42 Å². The van der Waals surface area contributed by atoms with Crippen molar-refractivity contribution in [1.29, 1.82) is 0 Å². The van der Waals surface area contributed by atoms with Gasteiger partial charge in [-0.3, -0.25) is 4.79 Å². The van der Waals surface area contributed by atoms with Gasteiger partial charge in [-0.05, 0) is 25.0 Å². The molecule has 2 aromatic rings. The van der Waals surface area contributed by atoms with Crippen LogP contribution in [0.25, 0.3) is 11.1 Å².